The molecular formula is C14H23N. The molecule has 15 heavy (non-hydrogen) atoms. The van der Waals surface area contributed by atoms with Crippen molar-refractivity contribution < 1.29 is 0 Å². The Labute approximate surface area is 94.1 Å². The average Bonchev–Trinajstić information content (AvgIpc) is 2.60. The molecule has 0 bridgehead atoms. The Bertz CT molecular complexity index is 304. The summed E-state index contributed by atoms with van der Waals surface area (Å²) < 4.78 is 0. The van der Waals surface area contributed by atoms with Crippen LogP contribution in [0.5, 0.6) is 0 Å². The minimum Gasteiger partial charge on any atom is -0.371 e. The molecule has 2 rings (SSSR count). The van der Waals surface area contributed by atoms with Crippen molar-refractivity contribution in [3.63, 3.8) is 0 Å². The van der Waals surface area contributed by atoms with E-state index in [1.807, 2.05) is 13.8 Å². The normalized spacial score (nSPS) is 18.5. The molecule has 0 spiro atoms. The van der Waals surface area contributed by atoms with E-state index in [2.05, 4.69) is 50.1 Å². The Morgan fingerprint density at radius 3 is 2.33 bits per heavy atom. The van der Waals surface area contributed by atoms with Gasteiger partial charge in [0.05, 0.1) is 0 Å². The van der Waals surface area contributed by atoms with Crippen LogP contribution in [0.3, 0.4) is 0 Å². The highest BCUT2D eigenvalue weighted by Crippen LogP contribution is 2.33. The van der Waals surface area contributed by atoms with Gasteiger partial charge in [-0.25, -0.2) is 0 Å². The molecule has 0 saturated carbocycles. The molecule has 1 aliphatic rings. The summed E-state index contributed by atoms with van der Waals surface area (Å²) in [5.74, 6) is 0.734. The second kappa shape index (κ2) is 5.20. The van der Waals surface area contributed by atoms with Crippen LogP contribution in [-0.2, 0) is 6.42 Å². The van der Waals surface area contributed by atoms with Crippen LogP contribution in [0, 0.1) is 5.92 Å². The maximum absolute atomic E-state index is 2.42. The molecule has 1 heterocycles. The lowest BCUT2D eigenvalue weighted by molar-refractivity contribution is 0.491. The molecule has 0 N–H and O–H groups in total. The highest BCUT2D eigenvalue weighted by atomic mass is 15.2. The second-order valence-corrected chi connectivity index (χ2v) is 4.26. The molecule has 0 radical (unpaired) electrons. The lowest BCUT2D eigenvalue weighted by Gasteiger charge is -2.25. The highest BCUT2D eigenvalue weighted by Gasteiger charge is 2.27. The van der Waals surface area contributed by atoms with Gasteiger partial charge in [0.1, 0.15) is 0 Å². The lowest BCUT2D eigenvalue weighted by Crippen LogP contribution is -2.32. The van der Waals surface area contributed by atoms with Gasteiger partial charge in [0, 0.05) is 18.8 Å². The van der Waals surface area contributed by atoms with Crippen LogP contribution in [-0.4, -0.2) is 13.1 Å². The third-order valence-corrected chi connectivity index (χ3v) is 3.07. The monoisotopic (exact) mass is 205 g/mol. The predicted octanol–water partition coefficient (Wildman–Crippen LogP) is 3.73. The fourth-order valence-corrected chi connectivity index (χ4v) is 2.25. The van der Waals surface area contributed by atoms with Crippen molar-refractivity contribution in [2.24, 2.45) is 5.92 Å². The lowest BCUT2D eigenvalue weighted by atomic mass is 10.0. The molecule has 1 aliphatic heterocycles. The molecular weight excluding hydrogens is 182 g/mol. The van der Waals surface area contributed by atoms with Crippen molar-refractivity contribution in [3.05, 3.63) is 29.8 Å². The van der Waals surface area contributed by atoms with E-state index in [4.69, 9.17) is 0 Å². The van der Waals surface area contributed by atoms with E-state index in [0.717, 1.165) is 5.92 Å². The zero-order valence-electron chi connectivity index (χ0n) is 10.6. The van der Waals surface area contributed by atoms with E-state index in [-0.39, 0.29) is 0 Å². The molecule has 0 fully saturated rings. The maximum atomic E-state index is 2.42. The zero-order chi connectivity index (χ0) is 11.4. The van der Waals surface area contributed by atoms with E-state index < -0.39 is 0 Å². The number of hydrogen-bond acceptors (Lipinski definition) is 1. The van der Waals surface area contributed by atoms with Gasteiger partial charge < -0.3 is 4.90 Å². The molecule has 1 heteroatoms. The molecule has 0 amide bonds. The van der Waals surface area contributed by atoms with Crippen LogP contribution in [0.25, 0.3) is 0 Å². The van der Waals surface area contributed by atoms with E-state index in [9.17, 15) is 0 Å². The van der Waals surface area contributed by atoms with Gasteiger partial charge >= 0.3 is 0 Å². The van der Waals surface area contributed by atoms with Crippen LogP contribution in [0.2, 0.25) is 0 Å². The van der Waals surface area contributed by atoms with Gasteiger partial charge in [-0.2, -0.15) is 0 Å². The first-order chi connectivity index (χ1) is 7.20. The summed E-state index contributed by atoms with van der Waals surface area (Å²) in [6.07, 6.45) is 1.21. The van der Waals surface area contributed by atoms with E-state index in [0.29, 0.717) is 6.04 Å². The predicted molar refractivity (Wildman–Crippen MR) is 68.5 cm³/mol. The van der Waals surface area contributed by atoms with E-state index in [1.54, 1.807) is 0 Å². The molecule has 1 nitrogen and oxygen atoms in total. The first kappa shape index (κ1) is 12.1. The summed E-state index contributed by atoms with van der Waals surface area (Å²) in [6.45, 7) is 8.60. The van der Waals surface area contributed by atoms with E-state index >= 15 is 0 Å². The number of nitrogens with zero attached hydrogens (tertiary/aromatic N) is 1. The average molecular weight is 205 g/mol. The summed E-state index contributed by atoms with van der Waals surface area (Å²) in [7, 11) is 2.20. The zero-order valence-corrected chi connectivity index (χ0v) is 10.6. The van der Waals surface area contributed by atoms with Gasteiger partial charge in [-0.3, -0.25) is 0 Å². The van der Waals surface area contributed by atoms with Crippen LogP contribution < -0.4 is 4.90 Å². The van der Waals surface area contributed by atoms with Gasteiger partial charge in [-0.1, -0.05) is 45.9 Å². The Hall–Kier alpha value is -0.980. The number of anilines is 1. The van der Waals surface area contributed by atoms with Crippen LogP contribution in [0.1, 0.15) is 33.3 Å². The van der Waals surface area contributed by atoms with Crippen molar-refractivity contribution >= 4 is 5.69 Å². The minimum atomic E-state index is 0.692. The number of hydrogen-bond donors (Lipinski definition) is 0. The van der Waals surface area contributed by atoms with Gasteiger partial charge in [0.2, 0.25) is 0 Å². The largest absolute Gasteiger partial charge is 0.371 e. The number of fused-ring (bicyclic) bond motifs is 1. The van der Waals surface area contributed by atoms with Crippen LogP contribution in [0.4, 0.5) is 5.69 Å². The Kier molecular flexibility index (Phi) is 4.19. The van der Waals surface area contributed by atoms with Crippen molar-refractivity contribution in [2.45, 2.75) is 40.2 Å². The van der Waals surface area contributed by atoms with Crippen LogP contribution in [0.15, 0.2) is 24.3 Å². The van der Waals surface area contributed by atoms with Crippen LogP contribution >= 0.6 is 0 Å². The highest BCUT2D eigenvalue weighted by molar-refractivity contribution is 5.58. The number of para-hydroxylation sites is 1. The first-order valence-electron chi connectivity index (χ1n) is 6.01. The minimum absolute atomic E-state index is 0.692. The smallest absolute Gasteiger partial charge is 0.0399 e. The Morgan fingerprint density at radius 2 is 1.80 bits per heavy atom. The summed E-state index contributed by atoms with van der Waals surface area (Å²) in [5.41, 5.74) is 2.92. The summed E-state index contributed by atoms with van der Waals surface area (Å²) >= 11 is 0. The van der Waals surface area contributed by atoms with Crippen molar-refractivity contribution in [3.8, 4) is 0 Å². The summed E-state index contributed by atoms with van der Waals surface area (Å²) in [5, 5.41) is 0. The van der Waals surface area contributed by atoms with Gasteiger partial charge in [0.25, 0.3) is 0 Å². The molecule has 0 aromatic heterocycles. The SMILES string of the molecule is CC.CC(C)C1Cc2ccccc2N1C. The summed E-state index contributed by atoms with van der Waals surface area (Å²) in [4.78, 5) is 2.42. The van der Waals surface area contributed by atoms with Crippen molar-refractivity contribution in [1.82, 2.24) is 0 Å². The summed E-state index contributed by atoms with van der Waals surface area (Å²) in [6, 6.07) is 9.41. The van der Waals surface area contributed by atoms with Gasteiger partial charge in [-0.15, -0.1) is 0 Å². The maximum Gasteiger partial charge on any atom is 0.0399 e. The number of benzene rings is 1. The standard InChI is InChI=1S/C12H17N.C2H6/c1-9(2)12-8-10-6-4-5-7-11(10)13(12)3;1-2/h4-7,9,12H,8H2,1-3H3;1-2H3. The van der Waals surface area contributed by atoms with Gasteiger partial charge in [0.15, 0.2) is 0 Å². The third-order valence-electron chi connectivity index (χ3n) is 3.07. The quantitative estimate of drug-likeness (QED) is 0.675. The molecule has 1 aromatic carbocycles. The van der Waals surface area contributed by atoms with Gasteiger partial charge in [-0.05, 0) is 24.0 Å². The second-order valence-electron chi connectivity index (χ2n) is 4.26. The topological polar surface area (TPSA) is 3.24 Å². The Morgan fingerprint density at radius 1 is 1.20 bits per heavy atom. The number of likely N-dealkylation sites (N-methyl/N-ethyl adjacent to an activating group) is 1. The first-order valence-corrected chi connectivity index (χ1v) is 6.01. The van der Waals surface area contributed by atoms with Crippen molar-refractivity contribution in [1.29, 1.82) is 0 Å². The Balaban J connectivity index is 0.000000531. The molecule has 84 valence electrons. The fraction of sp³-hybridized carbons (Fsp3) is 0.571. The van der Waals surface area contributed by atoms with Crippen molar-refractivity contribution in [2.75, 3.05) is 11.9 Å². The molecule has 1 unspecified atom stereocenters. The third kappa shape index (κ3) is 2.34. The fourth-order valence-electron chi connectivity index (χ4n) is 2.25. The molecule has 0 saturated heterocycles. The number of rotatable bonds is 1. The molecule has 1 atom stereocenters. The molecule has 1 aromatic rings. The molecule has 0 aliphatic carbocycles. The van der Waals surface area contributed by atoms with E-state index in [1.165, 1.54) is 17.7 Å².